The molecule has 6 heteroatoms. The monoisotopic (exact) mass is 435 g/mol. The smallest absolute Gasteiger partial charge is 0.258 e. The number of benzene rings is 1. The number of hydrogen-bond donors (Lipinski definition) is 1. The summed E-state index contributed by atoms with van der Waals surface area (Å²) >= 11 is 0. The van der Waals surface area contributed by atoms with Gasteiger partial charge in [-0.25, -0.2) is 0 Å². The van der Waals surface area contributed by atoms with Gasteiger partial charge >= 0.3 is 0 Å². The Balaban J connectivity index is 1.61. The lowest BCUT2D eigenvalue weighted by molar-refractivity contribution is -0.135. The van der Waals surface area contributed by atoms with E-state index in [1.807, 2.05) is 47.0 Å². The fourth-order valence-electron chi connectivity index (χ4n) is 6.38. The lowest BCUT2D eigenvalue weighted by Crippen LogP contribution is -2.48. The summed E-state index contributed by atoms with van der Waals surface area (Å²) in [5.74, 6) is 0.170. The Morgan fingerprint density at radius 3 is 2.47 bits per heavy atom. The van der Waals surface area contributed by atoms with Crippen LogP contribution in [0.25, 0.3) is 11.1 Å². The molecule has 3 aliphatic rings. The van der Waals surface area contributed by atoms with Crippen LogP contribution in [0, 0.1) is 17.8 Å². The summed E-state index contributed by atoms with van der Waals surface area (Å²) in [5.41, 5.74) is 2.51. The van der Waals surface area contributed by atoms with Crippen molar-refractivity contribution >= 4 is 5.91 Å². The molecular weight excluding hydrogens is 402 g/mol. The molecule has 1 saturated carbocycles. The SMILES string of the molecule is CN(C)C(=O)[C@@H]1[C@@H](CO)[C@@H]2Cn3c(ccc(-c4ccccc4)c3=O)[C@H]1N2CC1CCCC1. The van der Waals surface area contributed by atoms with Gasteiger partial charge in [-0.05, 0) is 36.5 Å². The molecule has 2 bridgehead atoms. The van der Waals surface area contributed by atoms with Crippen molar-refractivity contribution in [3.63, 3.8) is 0 Å². The molecule has 0 unspecified atom stereocenters. The van der Waals surface area contributed by atoms with E-state index in [4.69, 9.17) is 0 Å². The standard InChI is InChI=1S/C26H33N3O3/c1-27(2)26(32)23-20(16-30)22-15-29-21(24(23)28(22)14-17-8-6-7-9-17)13-12-19(25(29)31)18-10-4-3-5-11-18/h3-5,10-13,17,20,22-24,30H,6-9,14-16H2,1-2H3/t20-,22-,23+,24+/m0/s1. The van der Waals surface area contributed by atoms with E-state index < -0.39 is 0 Å². The van der Waals surface area contributed by atoms with Gasteiger partial charge < -0.3 is 14.6 Å². The van der Waals surface area contributed by atoms with Gasteiger partial charge in [-0.2, -0.15) is 0 Å². The van der Waals surface area contributed by atoms with Crippen LogP contribution in [0.4, 0.5) is 0 Å². The second-order valence-corrected chi connectivity index (χ2v) is 9.92. The van der Waals surface area contributed by atoms with E-state index in [9.17, 15) is 14.7 Å². The van der Waals surface area contributed by atoms with Gasteiger partial charge in [0.25, 0.3) is 5.56 Å². The Bertz CT molecular complexity index is 1040. The number of pyridine rings is 1. The van der Waals surface area contributed by atoms with Crippen molar-refractivity contribution in [2.24, 2.45) is 17.8 Å². The first kappa shape index (κ1) is 21.4. The molecule has 2 fully saturated rings. The summed E-state index contributed by atoms with van der Waals surface area (Å²) in [4.78, 5) is 31.0. The van der Waals surface area contributed by atoms with Crippen LogP contribution in [0.2, 0.25) is 0 Å². The number of hydrogen-bond acceptors (Lipinski definition) is 4. The van der Waals surface area contributed by atoms with Crippen molar-refractivity contribution in [1.82, 2.24) is 14.4 Å². The van der Waals surface area contributed by atoms with Crippen LogP contribution in [0.15, 0.2) is 47.3 Å². The molecule has 6 nitrogen and oxygen atoms in total. The Hall–Kier alpha value is -2.44. The highest BCUT2D eigenvalue weighted by Gasteiger charge is 2.56. The molecule has 1 saturated heterocycles. The van der Waals surface area contributed by atoms with Crippen LogP contribution in [0.5, 0.6) is 0 Å². The maximum atomic E-state index is 13.6. The number of fused-ring (bicyclic) bond motifs is 4. The Kier molecular flexibility index (Phi) is 5.68. The molecule has 2 aromatic rings. The molecule has 3 heterocycles. The first-order valence-corrected chi connectivity index (χ1v) is 11.9. The van der Waals surface area contributed by atoms with Gasteiger partial charge in [0.1, 0.15) is 0 Å². The summed E-state index contributed by atoms with van der Waals surface area (Å²) < 4.78 is 1.88. The molecule has 1 amide bonds. The number of nitrogens with zero attached hydrogens (tertiary/aromatic N) is 3. The summed E-state index contributed by atoms with van der Waals surface area (Å²) in [5, 5.41) is 10.4. The van der Waals surface area contributed by atoms with Gasteiger partial charge in [0.15, 0.2) is 0 Å². The average Bonchev–Trinajstić information content (AvgIpc) is 3.38. The minimum Gasteiger partial charge on any atom is -0.396 e. The molecule has 4 atom stereocenters. The van der Waals surface area contributed by atoms with Gasteiger partial charge in [0.2, 0.25) is 5.91 Å². The Morgan fingerprint density at radius 2 is 1.81 bits per heavy atom. The third-order valence-electron chi connectivity index (χ3n) is 7.92. The molecule has 1 aliphatic carbocycles. The maximum absolute atomic E-state index is 13.6. The third-order valence-corrected chi connectivity index (χ3v) is 7.92. The number of aromatic nitrogens is 1. The van der Waals surface area contributed by atoms with Crippen LogP contribution in [-0.2, 0) is 11.3 Å². The number of aliphatic hydroxyl groups is 1. The minimum atomic E-state index is -0.336. The van der Waals surface area contributed by atoms with Gasteiger partial charge in [0.05, 0.1) is 12.0 Å². The number of aliphatic hydroxyl groups excluding tert-OH is 1. The average molecular weight is 436 g/mol. The molecule has 0 spiro atoms. The van der Waals surface area contributed by atoms with Crippen molar-refractivity contribution in [2.75, 3.05) is 27.2 Å². The zero-order chi connectivity index (χ0) is 22.4. The van der Waals surface area contributed by atoms with Gasteiger partial charge in [-0.15, -0.1) is 0 Å². The van der Waals surface area contributed by atoms with Crippen LogP contribution in [0.3, 0.4) is 0 Å². The predicted molar refractivity (Wildman–Crippen MR) is 124 cm³/mol. The number of carbonyl (C=O) groups is 1. The van der Waals surface area contributed by atoms with Crippen LogP contribution in [-0.4, -0.2) is 58.7 Å². The Labute approximate surface area is 189 Å². The normalized spacial score (nSPS) is 27.5. The number of rotatable bonds is 5. The lowest BCUT2D eigenvalue weighted by atomic mass is 9.86. The van der Waals surface area contributed by atoms with Crippen molar-refractivity contribution in [3.05, 3.63) is 58.5 Å². The van der Waals surface area contributed by atoms with Crippen LogP contribution < -0.4 is 5.56 Å². The minimum absolute atomic E-state index is 0.00106. The fourth-order valence-corrected chi connectivity index (χ4v) is 6.38. The highest BCUT2D eigenvalue weighted by Crippen LogP contribution is 2.49. The molecule has 0 radical (unpaired) electrons. The Morgan fingerprint density at radius 1 is 1.09 bits per heavy atom. The van der Waals surface area contributed by atoms with Gasteiger partial charge in [-0.3, -0.25) is 14.5 Å². The lowest BCUT2D eigenvalue weighted by Gasteiger charge is -2.39. The molecule has 32 heavy (non-hydrogen) atoms. The second-order valence-electron chi connectivity index (χ2n) is 9.92. The van der Waals surface area contributed by atoms with Crippen LogP contribution in [0.1, 0.15) is 37.4 Å². The van der Waals surface area contributed by atoms with E-state index in [1.165, 1.54) is 25.7 Å². The van der Waals surface area contributed by atoms with E-state index in [0.717, 1.165) is 17.8 Å². The van der Waals surface area contributed by atoms with E-state index in [0.29, 0.717) is 18.0 Å². The largest absolute Gasteiger partial charge is 0.396 e. The molecule has 1 N–H and O–H groups in total. The quantitative estimate of drug-likeness (QED) is 0.784. The zero-order valence-corrected chi connectivity index (χ0v) is 19.0. The van der Waals surface area contributed by atoms with E-state index >= 15 is 0 Å². The summed E-state index contributed by atoms with van der Waals surface area (Å²) in [6.07, 6.45) is 5.00. The topological polar surface area (TPSA) is 65.8 Å². The van der Waals surface area contributed by atoms with Crippen molar-refractivity contribution in [2.45, 2.75) is 44.3 Å². The summed E-state index contributed by atoms with van der Waals surface area (Å²) in [6, 6.07) is 13.5. The number of amides is 1. The highest BCUT2D eigenvalue weighted by molar-refractivity contribution is 5.80. The van der Waals surface area contributed by atoms with Crippen molar-refractivity contribution < 1.29 is 9.90 Å². The zero-order valence-electron chi connectivity index (χ0n) is 19.0. The fraction of sp³-hybridized carbons (Fsp3) is 0.538. The van der Waals surface area contributed by atoms with Crippen LogP contribution >= 0.6 is 0 Å². The maximum Gasteiger partial charge on any atom is 0.258 e. The molecular formula is C26H33N3O3. The third kappa shape index (κ3) is 3.41. The summed E-state index contributed by atoms with van der Waals surface area (Å²) in [7, 11) is 3.57. The van der Waals surface area contributed by atoms with E-state index in [-0.39, 0.29) is 42.0 Å². The molecule has 1 aromatic heterocycles. The number of carbonyl (C=O) groups excluding carboxylic acids is 1. The predicted octanol–water partition coefficient (Wildman–Crippen LogP) is 2.76. The molecule has 5 rings (SSSR count). The first-order chi connectivity index (χ1) is 15.5. The summed E-state index contributed by atoms with van der Waals surface area (Å²) in [6.45, 7) is 1.43. The van der Waals surface area contributed by atoms with E-state index in [2.05, 4.69) is 4.90 Å². The van der Waals surface area contributed by atoms with Gasteiger partial charge in [-0.1, -0.05) is 43.2 Å². The molecule has 1 aromatic carbocycles. The van der Waals surface area contributed by atoms with Crippen molar-refractivity contribution in [1.29, 1.82) is 0 Å². The molecule has 170 valence electrons. The van der Waals surface area contributed by atoms with Crippen molar-refractivity contribution in [3.8, 4) is 11.1 Å². The molecule has 2 aliphatic heterocycles. The van der Waals surface area contributed by atoms with Gasteiger partial charge in [0, 0.05) is 57.0 Å². The highest BCUT2D eigenvalue weighted by atomic mass is 16.3. The first-order valence-electron chi connectivity index (χ1n) is 11.9. The second kappa shape index (κ2) is 8.49. The van der Waals surface area contributed by atoms with E-state index in [1.54, 1.807) is 19.0 Å².